The van der Waals surface area contributed by atoms with Crippen LogP contribution in [0.15, 0.2) is 70.6 Å². The fourth-order valence-corrected chi connectivity index (χ4v) is 4.39. The lowest BCUT2D eigenvalue weighted by atomic mass is 10.2. The minimum atomic E-state index is -0.244. The number of anilines is 1. The maximum Gasteiger partial charge on any atom is 0.266 e. The van der Waals surface area contributed by atoms with Crippen LogP contribution in [0.5, 0.6) is 11.5 Å². The summed E-state index contributed by atoms with van der Waals surface area (Å²) >= 11 is 7.32. The van der Waals surface area contributed by atoms with Gasteiger partial charge in [-0.3, -0.25) is 14.2 Å². The SMILES string of the molecule is COc1ccc(-n2c(SCC(=O)Nc3ccc(C)c(Cl)c3)nc3ccccc3c2=O)cc1OC. The van der Waals surface area contributed by atoms with Gasteiger partial charge in [0.2, 0.25) is 5.91 Å². The van der Waals surface area contributed by atoms with E-state index in [-0.39, 0.29) is 17.2 Å². The number of hydrogen-bond acceptors (Lipinski definition) is 6. The average Bonchev–Trinajstić information content (AvgIpc) is 2.84. The smallest absolute Gasteiger partial charge is 0.266 e. The van der Waals surface area contributed by atoms with Gasteiger partial charge in [0.25, 0.3) is 5.56 Å². The van der Waals surface area contributed by atoms with Crippen molar-refractivity contribution < 1.29 is 14.3 Å². The minimum Gasteiger partial charge on any atom is -0.493 e. The van der Waals surface area contributed by atoms with Gasteiger partial charge in [0, 0.05) is 16.8 Å². The van der Waals surface area contributed by atoms with Gasteiger partial charge in [-0.1, -0.05) is 41.6 Å². The third-order valence-corrected chi connectivity index (χ3v) is 6.50. The molecule has 4 rings (SSSR count). The second-order valence-electron chi connectivity index (χ2n) is 7.39. The molecule has 1 N–H and O–H groups in total. The molecule has 0 unspecified atom stereocenters. The number of methoxy groups -OCH3 is 2. The molecule has 0 saturated carbocycles. The maximum absolute atomic E-state index is 13.4. The minimum absolute atomic E-state index is 0.0452. The number of benzene rings is 3. The second kappa shape index (κ2) is 10.2. The van der Waals surface area contributed by atoms with E-state index in [1.165, 1.54) is 11.7 Å². The van der Waals surface area contributed by atoms with Gasteiger partial charge in [0.05, 0.1) is 36.6 Å². The highest BCUT2D eigenvalue weighted by molar-refractivity contribution is 7.99. The third kappa shape index (κ3) is 4.88. The number of amides is 1. The zero-order valence-corrected chi connectivity index (χ0v) is 20.4. The van der Waals surface area contributed by atoms with E-state index in [4.69, 9.17) is 21.1 Å². The van der Waals surface area contributed by atoms with Crippen molar-refractivity contribution in [3.63, 3.8) is 0 Å². The second-order valence-corrected chi connectivity index (χ2v) is 8.74. The zero-order chi connectivity index (χ0) is 24.2. The van der Waals surface area contributed by atoms with Crippen LogP contribution < -0.4 is 20.3 Å². The topological polar surface area (TPSA) is 82.5 Å². The summed E-state index contributed by atoms with van der Waals surface area (Å²) in [6.45, 7) is 1.89. The molecule has 0 spiro atoms. The molecule has 1 aromatic heterocycles. The predicted molar refractivity (Wildman–Crippen MR) is 136 cm³/mol. The molecule has 0 bridgehead atoms. The number of carbonyl (C=O) groups is 1. The van der Waals surface area contributed by atoms with E-state index in [2.05, 4.69) is 10.3 Å². The number of aromatic nitrogens is 2. The number of carbonyl (C=O) groups excluding carboxylic acids is 1. The summed E-state index contributed by atoms with van der Waals surface area (Å²) in [6, 6.07) is 17.6. The highest BCUT2D eigenvalue weighted by Gasteiger charge is 2.17. The molecule has 34 heavy (non-hydrogen) atoms. The molecule has 0 atom stereocenters. The molecule has 0 aliphatic heterocycles. The average molecular weight is 496 g/mol. The molecule has 0 aliphatic rings. The first kappa shape index (κ1) is 23.7. The fraction of sp³-hybridized carbons (Fsp3) is 0.160. The summed E-state index contributed by atoms with van der Waals surface area (Å²) in [7, 11) is 3.07. The lowest BCUT2D eigenvalue weighted by molar-refractivity contribution is -0.113. The molecule has 0 aliphatic carbocycles. The normalized spacial score (nSPS) is 10.8. The highest BCUT2D eigenvalue weighted by Crippen LogP contribution is 2.30. The Kier molecular flexibility index (Phi) is 7.09. The van der Waals surface area contributed by atoms with Crippen LogP contribution >= 0.6 is 23.4 Å². The van der Waals surface area contributed by atoms with Gasteiger partial charge >= 0.3 is 0 Å². The van der Waals surface area contributed by atoms with Crippen molar-refractivity contribution in [1.82, 2.24) is 9.55 Å². The van der Waals surface area contributed by atoms with E-state index in [9.17, 15) is 9.59 Å². The molecule has 1 amide bonds. The number of ether oxygens (including phenoxy) is 2. The molecule has 3 aromatic carbocycles. The van der Waals surface area contributed by atoms with Gasteiger partial charge in [-0.25, -0.2) is 4.98 Å². The van der Waals surface area contributed by atoms with Gasteiger partial charge in [0.15, 0.2) is 16.7 Å². The van der Waals surface area contributed by atoms with Crippen LogP contribution in [0.2, 0.25) is 5.02 Å². The summed E-state index contributed by atoms with van der Waals surface area (Å²) in [5.74, 6) is 0.818. The summed E-state index contributed by atoms with van der Waals surface area (Å²) in [5.41, 5.74) is 2.39. The first-order chi connectivity index (χ1) is 16.4. The quantitative estimate of drug-likeness (QED) is 0.284. The van der Waals surface area contributed by atoms with Crippen molar-refractivity contribution in [2.24, 2.45) is 0 Å². The predicted octanol–water partition coefficient (Wildman–Crippen LogP) is 5.10. The van der Waals surface area contributed by atoms with Gasteiger partial charge in [0.1, 0.15) is 0 Å². The van der Waals surface area contributed by atoms with Crippen molar-refractivity contribution in [3.8, 4) is 17.2 Å². The lowest BCUT2D eigenvalue weighted by Gasteiger charge is -2.15. The number of nitrogens with zero attached hydrogens (tertiary/aromatic N) is 2. The number of rotatable bonds is 7. The van der Waals surface area contributed by atoms with E-state index in [1.807, 2.05) is 19.1 Å². The molecule has 4 aromatic rings. The van der Waals surface area contributed by atoms with Crippen molar-refractivity contribution in [2.75, 3.05) is 25.3 Å². The molecule has 7 nitrogen and oxygen atoms in total. The number of nitrogens with one attached hydrogen (secondary N) is 1. The Morgan fingerprint density at radius 1 is 1.06 bits per heavy atom. The van der Waals surface area contributed by atoms with E-state index in [0.717, 1.165) is 17.3 Å². The van der Waals surface area contributed by atoms with Crippen molar-refractivity contribution in [3.05, 3.63) is 81.6 Å². The number of aryl methyl sites for hydroxylation is 1. The number of fused-ring (bicyclic) bond motifs is 1. The number of thioether (sulfide) groups is 1. The molecule has 9 heteroatoms. The molecule has 0 radical (unpaired) electrons. The highest BCUT2D eigenvalue weighted by atomic mass is 35.5. The molecular weight excluding hydrogens is 474 g/mol. The van der Waals surface area contributed by atoms with Gasteiger partial charge in [-0.05, 0) is 48.9 Å². The standard InChI is InChI=1S/C25H22ClN3O4S/c1-15-8-9-16(12-19(15)26)27-23(30)14-34-25-28-20-7-5-4-6-18(20)24(31)29(25)17-10-11-21(32-2)22(13-17)33-3/h4-13H,14H2,1-3H3,(H,27,30). The Balaban J connectivity index is 1.69. The molecule has 0 fully saturated rings. The van der Waals surface area contributed by atoms with Crippen LogP contribution in [0.25, 0.3) is 16.6 Å². The number of para-hydroxylation sites is 1. The van der Waals surface area contributed by atoms with Crippen LogP contribution in [-0.4, -0.2) is 35.4 Å². The summed E-state index contributed by atoms with van der Waals surface area (Å²) in [6.07, 6.45) is 0. The lowest BCUT2D eigenvalue weighted by Crippen LogP contribution is -2.23. The monoisotopic (exact) mass is 495 g/mol. The molecule has 1 heterocycles. The summed E-state index contributed by atoms with van der Waals surface area (Å²) in [4.78, 5) is 30.7. The van der Waals surface area contributed by atoms with Crippen molar-refractivity contribution in [1.29, 1.82) is 0 Å². The van der Waals surface area contributed by atoms with Crippen LogP contribution in [0.3, 0.4) is 0 Å². The van der Waals surface area contributed by atoms with Crippen LogP contribution in [0.1, 0.15) is 5.56 Å². The molecular formula is C25H22ClN3O4S. The van der Waals surface area contributed by atoms with Crippen LogP contribution in [0.4, 0.5) is 5.69 Å². The Morgan fingerprint density at radius 2 is 1.82 bits per heavy atom. The maximum atomic E-state index is 13.4. The Labute approximate surface area is 205 Å². The van der Waals surface area contributed by atoms with Crippen molar-refractivity contribution >= 4 is 45.9 Å². The van der Waals surface area contributed by atoms with E-state index >= 15 is 0 Å². The largest absolute Gasteiger partial charge is 0.493 e. The zero-order valence-electron chi connectivity index (χ0n) is 18.8. The van der Waals surface area contributed by atoms with Crippen molar-refractivity contribution in [2.45, 2.75) is 12.1 Å². The molecule has 0 saturated heterocycles. The first-order valence-corrected chi connectivity index (χ1v) is 11.7. The van der Waals surface area contributed by atoms with Gasteiger partial charge in [-0.2, -0.15) is 0 Å². The summed E-state index contributed by atoms with van der Waals surface area (Å²) < 4.78 is 12.2. The van der Waals surface area contributed by atoms with E-state index in [1.54, 1.807) is 55.6 Å². The van der Waals surface area contributed by atoms with E-state index < -0.39 is 0 Å². The fourth-order valence-electron chi connectivity index (χ4n) is 3.40. The summed E-state index contributed by atoms with van der Waals surface area (Å²) in [5, 5.41) is 4.26. The van der Waals surface area contributed by atoms with Gasteiger partial charge < -0.3 is 14.8 Å². The number of halogens is 1. The third-order valence-electron chi connectivity index (χ3n) is 5.16. The molecule has 174 valence electrons. The van der Waals surface area contributed by atoms with E-state index in [0.29, 0.717) is 44.0 Å². The Bertz CT molecular complexity index is 1440. The number of hydrogen-bond donors (Lipinski definition) is 1. The Hall–Kier alpha value is -3.49. The van der Waals surface area contributed by atoms with Crippen LogP contribution in [-0.2, 0) is 4.79 Å². The first-order valence-electron chi connectivity index (χ1n) is 10.3. The van der Waals surface area contributed by atoms with Gasteiger partial charge in [-0.15, -0.1) is 0 Å². The van der Waals surface area contributed by atoms with Crippen LogP contribution in [0, 0.1) is 6.92 Å². The Morgan fingerprint density at radius 3 is 2.56 bits per heavy atom.